The SMILES string of the molecule is O=S(=O)(c1ccc2c(c1)nc(SCc1c(F)c(F)c(F)c(F)c1F)n2C[C@@H]1CCCO1)N1CCOCC1. The molecular weight excluding hydrogens is 541 g/mol. The van der Waals surface area contributed by atoms with Crippen molar-refractivity contribution in [2.24, 2.45) is 0 Å². The quantitative estimate of drug-likeness (QED) is 0.186. The average Bonchev–Trinajstić information content (AvgIpc) is 3.54. The number of morpholine rings is 1. The molecule has 200 valence electrons. The molecule has 37 heavy (non-hydrogen) atoms. The number of hydrogen-bond donors (Lipinski definition) is 0. The van der Waals surface area contributed by atoms with E-state index < -0.39 is 50.4 Å². The third-order valence-corrected chi connectivity index (χ3v) is 9.25. The van der Waals surface area contributed by atoms with Crippen LogP contribution in [0.5, 0.6) is 0 Å². The summed E-state index contributed by atoms with van der Waals surface area (Å²) in [7, 11) is -3.81. The maximum atomic E-state index is 14.2. The minimum absolute atomic E-state index is 0.0278. The van der Waals surface area contributed by atoms with E-state index in [2.05, 4.69) is 4.98 Å². The van der Waals surface area contributed by atoms with E-state index in [4.69, 9.17) is 9.47 Å². The van der Waals surface area contributed by atoms with Gasteiger partial charge in [-0.05, 0) is 31.0 Å². The molecule has 0 unspecified atom stereocenters. The lowest BCUT2D eigenvalue weighted by Gasteiger charge is -2.26. The molecule has 0 spiro atoms. The van der Waals surface area contributed by atoms with Crippen LogP contribution in [0.1, 0.15) is 18.4 Å². The number of imidazole rings is 1. The van der Waals surface area contributed by atoms with Crippen molar-refractivity contribution in [3.8, 4) is 0 Å². The molecule has 2 fully saturated rings. The van der Waals surface area contributed by atoms with Crippen LogP contribution in [0.3, 0.4) is 0 Å². The molecule has 5 rings (SSSR count). The van der Waals surface area contributed by atoms with Gasteiger partial charge in [-0.25, -0.2) is 35.4 Å². The first-order valence-corrected chi connectivity index (χ1v) is 13.9. The smallest absolute Gasteiger partial charge is 0.243 e. The molecule has 1 atom stereocenters. The van der Waals surface area contributed by atoms with Gasteiger partial charge in [-0.1, -0.05) is 11.8 Å². The van der Waals surface area contributed by atoms with Crippen molar-refractivity contribution in [1.82, 2.24) is 13.9 Å². The zero-order valence-corrected chi connectivity index (χ0v) is 21.0. The Morgan fingerprint density at radius 2 is 1.65 bits per heavy atom. The maximum absolute atomic E-state index is 14.2. The van der Waals surface area contributed by atoms with E-state index in [0.717, 1.165) is 24.6 Å². The number of halogens is 5. The minimum atomic E-state index is -3.81. The highest BCUT2D eigenvalue weighted by Crippen LogP contribution is 2.33. The van der Waals surface area contributed by atoms with Crippen LogP contribution in [0.15, 0.2) is 28.3 Å². The number of sulfonamides is 1. The molecule has 0 aliphatic carbocycles. The van der Waals surface area contributed by atoms with Gasteiger partial charge in [-0.15, -0.1) is 0 Å². The highest BCUT2D eigenvalue weighted by atomic mass is 32.2. The molecule has 0 N–H and O–H groups in total. The van der Waals surface area contributed by atoms with Gasteiger partial charge in [0.15, 0.2) is 28.4 Å². The van der Waals surface area contributed by atoms with Gasteiger partial charge >= 0.3 is 0 Å². The largest absolute Gasteiger partial charge is 0.379 e. The second-order valence-corrected chi connectivity index (χ2v) is 11.5. The van der Waals surface area contributed by atoms with Crippen molar-refractivity contribution in [3.05, 3.63) is 52.8 Å². The van der Waals surface area contributed by atoms with E-state index in [1.807, 2.05) is 0 Å². The van der Waals surface area contributed by atoms with E-state index in [0.29, 0.717) is 24.2 Å². The lowest BCUT2D eigenvalue weighted by Crippen LogP contribution is -2.40. The van der Waals surface area contributed by atoms with Crippen molar-refractivity contribution >= 4 is 32.8 Å². The lowest BCUT2D eigenvalue weighted by atomic mass is 10.2. The van der Waals surface area contributed by atoms with Crippen LogP contribution in [0, 0.1) is 29.1 Å². The standard InChI is InChI=1S/C23H22F5N3O4S2/c24-18-15(19(25)21(27)22(28)20(18)26)12-36-23-29-16-10-14(37(32,33)30-5-8-34-9-6-30)3-4-17(16)31(23)11-13-2-1-7-35-13/h3-4,10,13H,1-2,5-9,11-12H2/t13-/m0/s1. The highest BCUT2D eigenvalue weighted by molar-refractivity contribution is 7.98. The second kappa shape index (κ2) is 10.5. The summed E-state index contributed by atoms with van der Waals surface area (Å²) in [6.07, 6.45) is 1.46. The van der Waals surface area contributed by atoms with Crippen LogP contribution in [0.25, 0.3) is 11.0 Å². The molecule has 7 nitrogen and oxygen atoms in total. The fraction of sp³-hybridized carbons (Fsp3) is 0.435. The zero-order chi connectivity index (χ0) is 26.3. The molecule has 14 heteroatoms. The molecule has 2 aliphatic heterocycles. The third-order valence-electron chi connectivity index (χ3n) is 6.35. The predicted octanol–water partition coefficient (Wildman–Crippen LogP) is 4.22. The van der Waals surface area contributed by atoms with E-state index in [9.17, 15) is 30.4 Å². The summed E-state index contributed by atoms with van der Waals surface area (Å²) in [5.41, 5.74) is -0.101. The summed E-state index contributed by atoms with van der Waals surface area (Å²) in [6, 6.07) is 4.46. The number of rotatable bonds is 7. The maximum Gasteiger partial charge on any atom is 0.243 e. The molecule has 0 bridgehead atoms. The number of fused-ring (bicyclic) bond motifs is 1. The number of ether oxygens (including phenoxy) is 2. The van der Waals surface area contributed by atoms with Gasteiger partial charge < -0.3 is 14.0 Å². The summed E-state index contributed by atoms with van der Waals surface area (Å²) in [5.74, 6) is -10.6. The number of thioether (sulfide) groups is 1. The van der Waals surface area contributed by atoms with E-state index in [1.165, 1.54) is 16.4 Å². The molecule has 0 amide bonds. The average molecular weight is 564 g/mol. The molecule has 2 aromatic carbocycles. The van der Waals surface area contributed by atoms with Crippen molar-refractivity contribution < 1.29 is 39.8 Å². The minimum Gasteiger partial charge on any atom is -0.379 e. The first-order valence-electron chi connectivity index (χ1n) is 11.5. The molecule has 2 saturated heterocycles. The van der Waals surface area contributed by atoms with Gasteiger partial charge in [0.2, 0.25) is 15.8 Å². The van der Waals surface area contributed by atoms with E-state index in [1.54, 1.807) is 10.6 Å². The molecular formula is C23H22F5N3O4S2. The second-order valence-electron chi connectivity index (χ2n) is 8.64. The summed E-state index contributed by atoms with van der Waals surface area (Å²) in [4.78, 5) is 4.49. The van der Waals surface area contributed by atoms with Gasteiger partial charge in [0, 0.05) is 31.0 Å². The lowest BCUT2D eigenvalue weighted by molar-refractivity contribution is 0.0730. The summed E-state index contributed by atoms with van der Waals surface area (Å²) in [5, 5.41) is 0.232. The number of hydrogen-bond acceptors (Lipinski definition) is 6. The molecule has 0 saturated carbocycles. The Kier molecular flexibility index (Phi) is 7.47. The Hall–Kier alpha value is -2.26. The topological polar surface area (TPSA) is 73.7 Å². The Balaban J connectivity index is 1.51. The Morgan fingerprint density at radius 3 is 2.30 bits per heavy atom. The predicted molar refractivity (Wildman–Crippen MR) is 124 cm³/mol. The van der Waals surface area contributed by atoms with Crippen molar-refractivity contribution in [1.29, 1.82) is 0 Å². The number of benzene rings is 2. The van der Waals surface area contributed by atoms with Gasteiger partial charge in [0.05, 0.1) is 41.8 Å². The van der Waals surface area contributed by atoms with Gasteiger partial charge in [-0.2, -0.15) is 4.31 Å². The van der Waals surface area contributed by atoms with E-state index >= 15 is 0 Å². The molecule has 1 aromatic heterocycles. The normalized spacial score (nSPS) is 19.2. The van der Waals surface area contributed by atoms with Gasteiger partial charge in [-0.3, -0.25) is 0 Å². The van der Waals surface area contributed by atoms with Crippen LogP contribution < -0.4 is 0 Å². The Labute approximate surface area is 213 Å². The zero-order valence-electron chi connectivity index (χ0n) is 19.4. The summed E-state index contributed by atoms with van der Waals surface area (Å²) in [6.45, 7) is 1.91. The fourth-order valence-electron chi connectivity index (χ4n) is 4.38. The van der Waals surface area contributed by atoms with Crippen LogP contribution >= 0.6 is 11.8 Å². The first kappa shape index (κ1) is 26.4. The molecule has 2 aliphatic rings. The fourth-order valence-corrected chi connectivity index (χ4v) is 6.82. The summed E-state index contributed by atoms with van der Waals surface area (Å²) < 4.78 is 109. The van der Waals surface area contributed by atoms with Crippen LogP contribution in [0.4, 0.5) is 22.0 Å². The summed E-state index contributed by atoms with van der Waals surface area (Å²) >= 11 is 0.786. The van der Waals surface area contributed by atoms with Crippen LogP contribution in [0.2, 0.25) is 0 Å². The number of nitrogens with zero attached hydrogens (tertiary/aromatic N) is 3. The van der Waals surface area contributed by atoms with E-state index in [-0.39, 0.29) is 42.5 Å². The molecule has 0 radical (unpaired) electrons. The highest BCUT2D eigenvalue weighted by Gasteiger charge is 2.29. The monoisotopic (exact) mass is 563 g/mol. The molecule has 3 heterocycles. The number of aromatic nitrogens is 2. The third kappa shape index (κ3) is 4.97. The van der Waals surface area contributed by atoms with Crippen molar-refractivity contribution in [3.63, 3.8) is 0 Å². The first-order chi connectivity index (χ1) is 17.7. The van der Waals surface area contributed by atoms with Gasteiger partial charge in [0.1, 0.15) is 0 Å². The van der Waals surface area contributed by atoms with Crippen LogP contribution in [-0.2, 0) is 31.8 Å². The van der Waals surface area contributed by atoms with Gasteiger partial charge in [0.25, 0.3) is 0 Å². The van der Waals surface area contributed by atoms with Crippen molar-refractivity contribution in [2.75, 3.05) is 32.9 Å². The Morgan fingerprint density at radius 1 is 0.973 bits per heavy atom. The molecule has 3 aromatic rings. The van der Waals surface area contributed by atoms with Crippen LogP contribution in [-0.4, -0.2) is 61.3 Å². The Bertz CT molecular complexity index is 1410. The van der Waals surface area contributed by atoms with Crippen molar-refractivity contribution in [2.45, 2.75) is 41.3 Å².